The molecule has 0 radical (unpaired) electrons. The van der Waals surface area contributed by atoms with Crippen LogP contribution in [0.2, 0.25) is 5.02 Å². The Hall–Kier alpha value is -3.00. The second-order valence-electron chi connectivity index (χ2n) is 8.09. The zero-order valence-corrected chi connectivity index (χ0v) is 21.5. The van der Waals surface area contributed by atoms with Gasteiger partial charge in [-0.2, -0.15) is 0 Å². The summed E-state index contributed by atoms with van der Waals surface area (Å²) < 4.78 is 12.6. The van der Waals surface area contributed by atoms with E-state index in [1.54, 1.807) is 0 Å². The number of aliphatic carboxylic acids is 1. The van der Waals surface area contributed by atoms with E-state index in [-0.39, 0.29) is 0 Å². The third-order valence-electron chi connectivity index (χ3n) is 5.59. The minimum Gasteiger partial charge on any atom is -0.490 e. The fraction of sp³-hybridized carbons (Fsp3) is 0.222. The maximum atomic E-state index is 12.0. The lowest BCUT2D eigenvalue weighted by Gasteiger charge is -2.18. The molecule has 8 heteroatoms. The molecule has 182 valence electrons. The molecule has 6 nitrogen and oxygen atoms in total. The highest BCUT2D eigenvalue weighted by atomic mass is 79.9. The van der Waals surface area contributed by atoms with Gasteiger partial charge in [-0.1, -0.05) is 41.9 Å². The van der Waals surface area contributed by atoms with Gasteiger partial charge in [0.15, 0.2) is 11.5 Å². The summed E-state index contributed by atoms with van der Waals surface area (Å²) >= 11 is 9.66. The first-order valence-electron chi connectivity index (χ1n) is 11.3. The van der Waals surface area contributed by atoms with Crippen LogP contribution in [0.1, 0.15) is 23.6 Å². The van der Waals surface area contributed by atoms with Gasteiger partial charge in [0.25, 0.3) is 0 Å². The van der Waals surface area contributed by atoms with Gasteiger partial charge < -0.3 is 24.9 Å². The molecule has 0 saturated heterocycles. The lowest BCUT2D eigenvalue weighted by atomic mass is 10.0. The van der Waals surface area contributed by atoms with Crippen LogP contribution >= 0.6 is 27.5 Å². The molecule has 0 spiro atoms. The number of hydrogen-bond acceptors (Lipinski definition) is 4. The molecule has 4 rings (SSSR count). The normalized spacial score (nSPS) is 12.0. The lowest BCUT2D eigenvalue weighted by molar-refractivity contribution is -0.139. The van der Waals surface area contributed by atoms with Gasteiger partial charge >= 0.3 is 5.97 Å². The molecule has 0 aliphatic carbocycles. The molecule has 3 N–H and O–H groups in total. The van der Waals surface area contributed by atoms with Crippen molar-refractivity contribution in [2.24, 2.45) is 0 Å². The van der Waals surface area contributed by atoms with Gasteiger partial charge in [-0.25, -0.2) is 0 Å². The Morgan fingerprint density at radius 1 is 1.11 bits per heavy atom. The molecular weight excluding hydrogens is 532 g/mol. The predicted octanol–water partition coefficient (Wildman–Crippen LogP) is 6.35. The fourth-order valence-electron chi connectivity index (χ4n) is 3.92. The molecule has 4 aromatic rings. The van der Waals surface area contributed by atoms with E-state index in [4.69, 9.17) is 21.1 Å². The minimum absolute atomic E-state index is 0.336. The van der Waals surface area contributed by atoms with E-state index in [9.17, 15) is 9.90 Å². The summed E-state index contributed by atoms with van der Waals surface area (Å²) in [4.78, 5) is 15.2. The molecule has 0 bridgehead atoms. The number of para-hydroxylation sites is 1. The minimum atomic E-state index is -0.902. The first-order chi connectivity index (χ1) is 16.9. The summed E-state index contributed by atoms with van der Waals surface area (Å²) in [5.41, 5.74) is 3.77. The number of ether oxygens (including phenoxy) is 2. The van der Waals surface area contributed by atoms with Crippen molar-refractivity contribution in [2.45, 2.75) is 32.5 Å². The Kier molecular flexibility index (Phi) is 8.33. The highest BCUT2D eigenvalue weighted by molar-refractivity contribution is 9.10. The van der Waals surface area contributed by atoms with Crippen molar-refractivity contribution in [1.82, 2.24) is 10.3 Å². The van der Waals surface area contributed by atoms with Gasteiger partial charge in [0.2, 0.25) is 0 Å². The van der Waals surface area contributed by atoms with Crippen molar-refractivity contribution >= 4 is 44.4 Å². The van der Waals surface area contributed by atoms with Crippen LogP contribution in [-0.2, 0) is 24.4 Å². The third kappa shape index (κ3) is 6.36. The van der Waals surface area contributed by atoms with Crippen molar-refractivity contribution in [2.75, 3.05) is 6.61 Å². The van der Waals surface area contributed by atoms with E-state index in [2.05, 4.69) is 26.2 Å². The fourth-order valence-corrected chi connectivity index (χ4v) is 4.73. The van der Waals surface area contributed by atoms with Crippen molar-refractivity contribution in [1.29, 1.82) is 0 Å². The number of carbonyl (C=O) groups is 1. The van der Waals surface area contributed by atoms with Gasteiger partial charge in [-0.3, -0.25) is 4.79 Å². The molecule has 1 heterocycles. The molecule has 1 aromatic heterocycles. The Bertz CT molecular complexity index is 1320. The number of carboxylic acid groups (broad SMARTS) is 1. The monoisotopic (exact) mass is 556 g/mol. The number of carboxylic acids is 1. The zero-order chi connectivity index (χ0) is 24.8. The standard InChI is InChI=1S/C27H26BrClN2O4/c1-2-34-25-12-18(11-22(28)26(25)35-16-17-6-5-7-20(29)10-17)14-30-24(27(32)33)13-19-15-31-23-9-4-3-8-21(19)23/h3-12,15,24,30-31H,2,13-14,16H2,1H3,(H,32,33)/t24-/m0/s1. The third-order valence-corrected chi connectivity index (χ3v) is 6.42. The van der Waals surface area contributed by atoms with Gasteiger partial charge in [0.1, 0.15) is 12.6 Å². The SMILES string of the molecule is CCOc1cc(CN[C@@H](Cc2c[nH]c3ccccc23)C(=O)O)cc(Br)c1OCc1cccc(Cl)c1. The zero-order valence-electron chi connectivity index (χ0n) is 19.2. The molecule has 0 aliphatic rings. The second kappa shape index (κ2) is 11.6. The highest BCUT2D eigenvalue weighted by Crippen LogP contribution is 2.37. The maximum Gasteiger partial charge on any atom is 0.321 e. The van der Waals surface area contributed by atoms with Crippen LogP contribution < -0.4 is 14.8 Å². The molecule has 0 unspecified atom stereocenters. The Morgan fingerprint density at radius 3 is 2.71 bits per heavy atom. The number of fused-ring (bicyclic) bond motifs is 1. The summed E-state index contributed by atoms with van der Waals surface area (Å²) in [6.45, 7) is 3.06. The van der Waals surface area contributed by atoms with Crippen LogP contribution in [0.5, 0.6) is 11.5 Å². The van der Waals surface area contributed by atoms with Crippen molar-refractivity contribution in [3.8, 4) is 11.5 Å². The van der Waals surface area contributed by atoms with Gasteiger partial charge in [0.05, 0.1) is 11.1 Å². The van der Waals surface area contributed by atoms with Crippen LogP contribution in [-0.4, -0.2) is 28.7 Å². The summed E-state index contributed by atoms with van der Waals surface area (Å²) in [5.74, 6) is 0.272. The number of aromatic nitrogens is 1. The van der Waals surface area contributed by atoms with Gasteiger partial charge in [-0.15, -0.1) is 0 Å². The van der Waals surface area contributed by atoms with Gasteiger partial charge in [-0.05, 0) is 69.9 Å². The average molecular weight is 558 g/mol. The number of nitrogens with one attached hydrogen (secondary N) is 2. The number of rotatable bonds is 11. The molecule has 1 atom stereocenters. The maximum absolute atomic E-state index is 12.0. The topological polar surface area (TPSA) is 83.6 Å². The van der Waals surface area contributed by atoms with Crippen LogP contribution in [0.15, 0.2) is 71.3 Å². The number of benzene rings is 3. The number of hydrogen-bond donors (Lipinski definition) is 3. The first-order valence-corrected chi connectivity index (χ1v) is 12.4. The molecule has 0 aliphatic heterocycles. The number of H-pyrrole nitrogens is 1. The summed E-state index contributed by atoms with van der Waals surface area (Å²) in [6, 6.07) is 18.4. The van der Waals surface area contributed by atoms with Crippen LogP contribution in [0.4, 0.5) is 0 Å². The summed E-state index contributed by atoms with van der Waals surface area (Å²) in [6.07, 6.45) is 2.23. The van der Waals surface area contributed by atoms with Gasteiger partial charge in [0, 0.05) is 35.1 Å². The number of halogens is 2. The van der Waals surface area contributed by atoms with Crippen LogP contribution in [0.3, 0.4) is 0 Å². The largest absolute Gasteiger partial charge is 0.490 e. The Morgan fingerprint density at radius 2 is 1.94 bits per heavy atom. The molecular formula is C27H26BrClN2O4. The number of aromatic amines is 1. The quantitative estimate of drug-likeness (QED) is 0.200. The molecule has 0 amide bonds. The van der Waals surface area contributed by atoms with E-state index < -0.39 is 12.0 Å². The Labute approximate surface area is 217 Å². The average Bonchev–Trinajstić information content (AvgIpc) is 3.24. The first kappa shape index (κ1) is 25.1. The van der Waals surface area contributed by atoms with Crippen molar-refractivity contribution < 1.29 is 19.4 Å². The smallest absolute Gasteiger partial charge is 0.321 e. The van der Waals surface area contributed by atoms with Crippen molar-refractivity contribution in [3.05, 3.63) is 93.0 Å². The second-order valence-corrected chi connectivity index (χ2v) is 9.38. The predicted molar refractivity (Wildman–Crippen MR) is 141 cm³/mol. The van der Waals surface area contributed by atoms with E-state index in [0.717, 1.165) is 32.1 Å². The molecule has 3 aromatic carbocycles. The Balaban J connectivity index is 1.47. The van der Waals surface area contributed by atoms with E-state index in [1.165, 1.54) is 0 Å². The summed E-state index contributed by atoms with van der Waals surface area (Å²) in [5, 5.41) is 14.7. The molecule has 35 heavy (non-hydrogen) atoms. The van der Waals surface area contributed by atoms with Crippen LogP contribution in [0, 0.1) is 0 Å². The van der Waals surface area contributed by atoms with E-state index in [0.29, 0.717) is 42.7 Å². The van der Waals surface area contributed by atoms with E-state index >= 15 is 0 Å². The highest BCUT2D eigenvalue weighted by Gasteiger charge is 2.20. The van der Waals surface area contributed by atoms with E-state index in [1.807, 2.05) is 73.8 Å². The lowest BCUT2D eigenvalue weighted by Crippen LogP contribution is -2.38. The summed E-state index contributed by atoms with van der Waals surface area (Å²) in [7, 11) is 0. The molecule has 0 fully saturated rings. The van der Waals surface area contributed by atoms with Crippen molar-refractivity contribution in [3.63, 3.8) is 0 Å². The molecule has 0 saturated carbocycles. The van der Waals surface area contributed by atoms with Crippen LogP contribution in [0.25, 0.3) is 10.9 Å².